The monoisotopic (exact) mass is 185 g/mol. The van der Waals surface area contributed by atoms with Gasteiger partial charge in [-0.05, 0) is 58.9 Å². The number of nitrogens with two attached hydrogens (primary N) is 1. The molecule has 0 spiro atoms. The van der Waals surface area contributed by atoms with Crippen molar-refractivity contribution in [1.82, 2.24) is 10.2 Å². The van der Waals surface area contributed by atoms with Gasteiger partial charge in [0.05, 0.1) is 0 Å². The maximum Gasteiger partial charge on any atom is 0.0119 e. The van der Waals surface area contributed by atoms with Crippen LogP contribution in [0.1, 0.15) is 19.3 Å². The molecule has 0 bridgehead atoms. The largest absolute Gasteiger partial charge is 0.330 e. The molecule has 0 aliphatic carbocycles. The second-order valence-electron chi connectivity index (χ2n) is 4.29. The van der Waals surface area contributed by atoms with E-state index < -0.39 is 0 Å². The molecule has 1 rings (SSSR count). The van der Waals surface area contributed by atoms with Crippen molar-refractivity contribution in [2.75, 3.05) is 33.7 Å². The van der Waals surface area contributed by atoms with Gasteiger partial charge < -0.3 is 16.0 Å². The molecule has 13 heavy (non-hydrogen) atoms. The normalized spacial score (nSPS) is 29.5. The van der Waals surface area contributed by atoms with E-state index in [0.717, 1.165) is 13.1 Å². The third-order valence-electron chi connectivity index (χ3n) is 2.92. The summed E-state index contributed by atoms with van der Waals surface area (Å²) in [5.74, 6) is 0.702. The van der Waals surface area contributed by atoms with Gasteiger partial charge >= 0.3 is 0 Å². The Bertz CT molecular complexity index is 136. The summed E-state index contributed by atoms with van der Waals surface area (Å²) in [5.41, 5.74) is 5.75. The summed E-state index contributed by atoms with van der Waals surface area (Å²) in [4.78, 5) is 2.24. The van der Waals surface area contributed by atoms with Gasteiger partial charge in [0.1, 0.15) is 0 Å². The van der Waals surface area contributed by atoms with E-state index in [1.165, 1.54) is 25.8 Å². The van der Waals surface area contributed by atoms with Crippen LogP contribution in [-0.4, -0.2) is 44.7 Å². The van der Waals surface area contributed by atoms with Crippen LogP contribution in [0.15, 0.2) is 0 Å². The van der Waals surface area contributed by atoms with E-state index in [1.54, 1.807) is 0 Å². The molecular weight excluding hydrogens is 162 g/mol. The fourth-order valence-electron chi connectivity index (χ4n) is 2.04. The lowest BCUT2D eigenvalue weighted by Crippen LogP contribution is -2.45. The van der Waals surface area contributed by atoms with Crippen molar-refractivity contribution in [2.24, 2.45) is 11.7 Å². The maximum absolute atomic E-state index is 5.75. The number of hydrogen-bond acceptors (Lipinski definition) is 3. The molecule has 1 aliphatic heterocycles. The van der Waals surface area contributed by atoms with E-state index >= 15 is 0 Å². The molecule has 0 unspecified atom stereocenters. The molecule has 0 radical (unpaired) electrons. The molecule has 0 saturated carbocycles. The lowest BCUT2D eigenvalue weighted by Gasteiger charge is -2.32. The molecule has 0 aromatic heterocycles. The zero-order chi connectivity index (χ0) is 9.68. The van der Waals surface area contributed by atoms with Crippen LogP contribution in [0.25, 0.3) is 0 Å². The fraction of sp³-hybridized carbons (Fsp3) is 1.00. The third-order valence-corrected chi connectivity index (χ3v) is 2.92. The predicted octanol–water partition coefficient (Wildman–Crippen LogP) is 0.265. The van der Waals surface area contributed by atoms with E-state index in [-0.39, 0.29) is 0 Å². The Labute approximate surface area is 81.7 Å². The van der Waals surface area contributed by atoms with Crippen molar-refractivity contribution in [3.63, 3.8) is 0 Å². The molecule has 0 amide bonds. The molecule has 1 aliphatic rings. The number of hydrogen-bond donors (Lipinski definition) is 2. The highest BCUT2D eigenvalue weighted by Gasteiger charge is 2.22. The highest BCUT2D eigenvalue weighted by Crippen LogP contribution is 2.17. The minimum Gasteiger partial charge on any atom is -0.330 e. The molecule has 3 nitrogen and oxygen atoms in total. The summed E-state index contributed by atoms with van der Waals surface area (Å²) in [6.07, 6.45) is 3.83. The van der Waals surface area contributed by atoms with Crippen LogP contribution in [0.4, 0.5) is 0 Å². The standard InChI is InChI=1S/C10H23N3/c1-13(2)7-5-10-9(8-11)4-3-6-12-10/h9-10,12H,3-8,11H2,1-2H3/t9-,10-/m0/s1. The molecule has 1 fully saturated rings. The van der Waals surface area contributed by atoms with Crippen molar-refractivity contribution in [2.45, 2.75) is 25.3 Å². The maximum atomic E-state index is 5.75. The Morgan fingerprint density at radius 3 is 2.85 bits per heavy atom. The first-order valence-electron chi connectivity index (χ1n) is 5.32. The predicted molar refractivity (Wildman–Crippen MR) is 56.7 cm³/mol. The van der Waals surface area contributed by atoms with Crippen LogP contribution >= 0.6 is 0 Å². The van der Waals surface area contributed by atoms with Crippen molar-refractivity contribution in [1.29, 1.82) is 0 Å². The highest BCUT2D eigenvalue weighted by molar-refractivity contribution is 4.82. The SMILES string of the molecule is CN(C)CC[C@@H]1NCCC[C@H]1CN. The van der Waals surface area contributed by atoms with Gasteiger partial charge in [-0.15, -0.1) is 0 Å². The van der Waals surface area contributed by atoms with E-state index in [2.05, 4.69) is 24.3 Å². The van der Waals surface area contributed by atoms with Crippen LogP contribution in [0.2, 0.25) is 0 Å². The second kappa shape index (κ2) is 5.58. The summed E-state index contributed by atoms with van der Waals surface area (Å²) < 4.78 is 0. The summed E-state index contributed by atoms with van der Waals surface area (Å²) in [7, 11) is 4.25. The zero-order valence-electron chi connectivity index (χ0n) is 8.92. The second-order valence-corrected chi connectivity index (χ2v) is 4.29. The van der Waals surface area contributed by atoms with Crippen molar-refractivity contribution in [3.05, 3.63) is 0 Å². The smallest absolute Gasteiger partial charge is 0.0119 e. The van der Waals surface area contributed by atoms with Gasteiger partial charge in [-0.1, -0.05) is 0 Å². The Kier molecular flexibility index (Phi) is 4.70. The van der Waals surface area contributed by atoms with E-state index in [1.807, 2.05) is 0 Å². The number of nitrogens with zero attached hydrogens (tertiary/aromatic N) is 1. The van der Waals surface area contributed by atoms with E-state index in [4.69, 9.17) is 5.73 Å². The lowest BCUT2D eigenvalue weighted by molar-refractivity contribution is 0.250. The Morgan fingerprint density at radius 1 is 1.46 bits per heavy atom. The first-order valence-corrected chi connectivity index (χ1v) is 5.32. The van der Waals surface area contributed by atoms with Gasteiger partial charge in [0.2, 0.25) is 0 Å². The molecule has 2 atom stereocenters. The lowest BCUT2D eigenvalue weighted by atomic mass is 9.89. The van der Waals surface area contributed by atoms with Gasteiger partial charge in [0.15, 0.2) is 0 Å². The Morgan fingerprint density at radius 2 is 2.23 bits per heavy atom. The van der Waals surface area contributed by atoms with Crippen LogP contribution in [-0.2, 0) is 0 Å². The van der Waals surface area contributed by atoms with Crippen molar-refractivity contribution in [3.8, 4) is 0 Å². The van der Waals surface area contributed by atoms with Crippen LogP contribution in [0.5, 0.6) is 0 Å². The molecular formula is C10H23N3. The van der Waals surface area contributed by atoms with Crippen molar-refractivity contribution < 1.29 is 0 Å². The van der Waals surface area contributed by atoms with Gasteiger partial charge in [-0.3, -0.25) is 0 Å². The van der Waals surface area contributed by atoms with Gasteiger partial charge in [-0.2, -0.15) is 0 Å². The van der Waals surface area contributed by atoms with Gasteiger partial charge in [-0.25, -0.2) is 0 Å². The first kappa shape index (κ1) is 11.0. The minimum absolute atomic E-state index is 0.654. The summed E-state index contributed by atoms with van der Waals surface area (Å²) in [6.45, 7) is 3.17. The third kappa shape index (κ3) is 3.63. The molecule has 3 N–H and O–H groups in total. The minimum atomic E-state index is 0.654. The number of rotatable bonds is 4. The van der Waals surface area contributed by atoms with Gasteiger partial charge in [0.25, 0.3) is 0 Å². The Balaban J connectivity index is 2.27. The van der Waals surface area contributed by atoms with Crippen LogP contribution in [0, 0.1) is 5.92 Å². The summed E-state index contributed by atoms with van der Waals surface area (Å²) >= 11 is 0. The van der Waals surface area contributed by atoms with Gasteiger partial charge in [0, 0.05) is 6.04 Å². The van der Waals surface area contributed by atoms with Crippen molar-refractivity contribution >= 4 is 0 Å². The topological polar surface area (TPSA) is 41.3 Å². The quantitative estimate of drug-likeness (QED) is 0.660. The first-order chi connectivity index (χ1) is 6.24. The number of piperidine rings is 1. The number of nitrogens with one attached hydrogen (secondary N) is 1. The van der Waals surface area contributed by atoms with Crippen LogP contribution < -0.4 is 11.1 Å². The Hall–Kier alpha value is -0.120. The van der Waals surface area contributed by atoms with Crippen LogP contribution in [0.3, 0.4) is 0 Å². The zero-order valence-corrected chi connectivity index (χ0v) is 8.92. The van der Waals surface area contributed by atoms with E-state index in [0.29, 0.717) is 12.0 Å². The molecule has 0 aromatic carbocycles. The molecule has 78 valence electrons. The fourth-order valence-corrected chi connectivity index (χ4v) is 2.04. The summed E-state index contributed by atoms with van der Waals surface area (Å²) in [6, 6.07) is 0.654. The summed E-state index contributed by atoms with van der Waals surface area (Å²) in [5, 5.41) is 3.57. The molecule has 0 aromatic rings. The average Bonchev–Trinajstić information content (AvgIpc) is 2.15. The molecule has 3 heteroatoms. The molecule has 1 heterocycles. The van der Waals surface area contributed by atoms with E-state index in [9.17, 15) is 0 Å². The highest BCUT2D eigenvalue weighted by atomic mass is 15.1. The average molecular weight is 185 g/mol. The molecule has 1 saturated heterocycles.